The van der Waals surface area contributed by atoms with Gasteiger partial charge in [-0.05, 0) is 31.0 Å². The average molecular weight is 236 g/mol. The molecule has 1 heterocycles. The lowest BCUT2D eigenvalue weighted by molar-refractivity contribution is 0.0697. The number of carbonyl (C=O) groups excluding carboxylic acids is 1. The number of phenols is 1. The van der Waals surface area contributed by atoms with Crippen LogP contribution in [-0.2, 0) is 4.74 Å². The molecule has 0 unspecified atom stereocenters. The van der Waals surface area contributed by atoms with E-state index in [9.17, 15) is 9.90 Å². The van der Waals surface area contributed by atoms with Gasteiger partial charge >= 0.3 is 0 Å². The Balaban J connectivity index is 2.05. The molecule has 0 aromatic heterocycles. The summed E-state index contributed by atoms with van der Waals surface area (Å²) >= 11 is 0. The van der Waals surface area contributed by atoms with Gasteiger partial charge in [0.15, 0.2) is 0 Å². The molecule has 1 aromatic carbocycles. The standard InChI is InChI=1S/C12H16N2O3/c13-11-2-1-9(15)7-10(11)12(16)14-8-3-5-17-6-4-8/h1-2,7-8,15H,3-6,13H2,(H,14,16). The number of hydrogen-bond donors (Lipinski definition) is 3. The van der Waals surface area contributed by atoms with Crippen molar-refractivity contribution in [2.75, 3.05) is 18.9 Å². The quantitative estimate of drug-likeness (QED) is 0.525. The molecule has 0 spiro atoms. The summed E-state index contributed by atoms with van der Waals surface area (Å²) in [5, 5.41) is 12.2. The Morgan fingerprint density at radius 1 is 1.41 bits per heavy atom. The van der Waals surface area contributed by atoms with E-state index in [1.807, 2.05) is 0 Å². The number of benzene rings is 1. The molecule has 1 amide bonds. The predicted molar refractivity (Wildman–Crippen MR) is 63.8 cm³/mol. The van der Waals surface area contributed by atoms with E-state index in [1.165, 1.54) is 18.2 Å². The topological polar surface area (TPSA) is 84.6 Å². The van der Waals surface area contributed by atoms with Crippen molar-refractivity contribution in [3.8, 4) is 5.75 Å². The Hall–Kier alpha value is -1.75. The largest absolute Gasteiger partial charge is 0.508 e. The normalized spacial score (nSPS) is 16.7. The number of amides is 1. The molecular formula is C12H16N2O3. The third kappa shape index (κ3) is 2.88. The van der Waals surface area contributed by atoms with E-state index in [1.54, 1.807) is 0 Å². The van der Waals surface area contributed by atoms with Crippen molar-refractivity contribution in [3.63, 3.8) is 0 Å². The molecule has 92 valence electrons. The van der Waals surface area contributed by atoms with Crippen LogP contribution in [0.15, 0.2) is 18.2 Å². The molecule has 4 N–H and O–H groups in total. The molecule has 0 saturated carbocycles. The van der Waals surface area contributed by atoms with Crippen LogP contribution < -0.4 is 11.1 Å². The zero-order chi connectivity index (χ0) is 12.3. The number of nitrogens with two attached hydrogens (primary N) is 1. The first kappa shape index (κ1) is 11.7. The van der Waals surface area contributed by atoms with Crippen LogP contribution in [0.5, 0.6) is 5.75 Å². The first-order chi connectivity index (χ1) is 8.16. The Morgan fingerprint density at radius 3 is 2.82 bits per heavy atom. The molecule has 5 heteroatoms. The lowest BCUT2D eigenvalue weighted by Gasteiger charge is -2.23. The molecule has 1 fully saturated rings. The van der Waals surface area contributed by atoms with Crippen LogP contribution in [0.3, 0.4) is 0 Å². The molecule has 17 heavy (non-hydrogen) atoms. The Kier molecular flexibility index (Phi) is 3.49. The summed E-state index contributed by atoms with van der Waals surface area (Å²) in [6, 6.07) is 4.48. The molecule has 1 aliphatic heterocycles. The fourth-order valence-electron chi connectivity index (χ4n) is 1.85. The zero-order valence-electron chi connectivity index (χ0n) is 9.48. The van der Waals surface area contributed by atoms with Gasteiger partial charge in [0, 0.05) is 24.9 Å². The number of anilines is 1. The molecule has 1 aromatic rings. The minimum atomic E-state index is -0.245. The van der Waals surface area contributed by atoms with Gasteiger partial charge in [-0.15, -0.1) is 0 Å². The van der Waals surface area contributed by atoms with Crippen LogP contribution >= 0.6 is 0 Å². The first-order valence-electron chi connectivity index (χ1n) is 5.64. The lowest BCUT2D eigenvalue weighted by atomic mass is 10.1. The van der Waals surface area contributed by atoms with Gasteiger partial charge in [-0.2, -0.15) is 0 Å². The molecule has 1 saturated heterocycles. The minimum absolute atomic E-state index is 0.0383. The van der Waals surface area contributed by atoms with E-state index in [-0.39, 0.29) is 17.7 Å². The summed E-state index contributed by atoms with van der Waals surface area (Å²) in [5.74, 6) is -0.207. The van der Waals surface area contributed by atoms with Gasteiger partial charge in [-0.1, -0.05) is 0 Å². The van der Waals surface area contributed by atoms with Crippen LogP contribution in [-0.4, -0.2) is 30.3 Å². The maximum atomic E-state index is 11.9. The van der Waals surface area contributed by atoms with Crippen molar-refractivity contribution in [1.29, 1.82) is 0 Å². The minimum Gasteiger partial charge on any atom is -0.508 e. The Morgan fingerprint density at radius 2 is 2.12 bits per heavy atom. The summed E-state index contributed by atoms with van der Waals surface area (Å²) in [7, 11) is 0. The molecule has 0 atom stereocenters. The van der Waals surface area contributed by atoms with E-state index in [2.05, 4.69) is 5.32 Å². The van der Waals surface area contributed by atoms with Gasteiger partial charge in [0.05, 0.1) is 5.56 Å². The van der Waals surface area contributed by atoms with Crippen molar-refractivity contribution >= 4 is 11.6 Å². The Labute approximate surface area is 99.6 Å². The van der Waals surface area contributed by atoms with Gasteiger partial charge < -0.3 is 20.9 Å². The highest BCUT2D eigenvalue weighted by molar-refractivity contribution is 5.99. The number of nitrogen functional groups attached to an aromatic ring is 1. The van der Waals surface area contributed by atoms with E-state index >= 15 is 0 Å². The smallest absolute Gasteiger partial charge is 0.253 e. The molecular weight excluding hydrogens is 220 g/mol. The fraction of sp³-hybridized carbons (Fsp3) is 0.417. The number of carbonyl (C=O) groups is 1. The summed E-state index contributed by atoms with van der Waals surface area (Å²) in [6.45, 7) is 1.33. The molecule has 1 aliphatic rings. The second-order valence-corrected chi connectivity index (χ2v) is 4.13. The highest BCUT2D eigenvalue weighted by Crippen LogP contribution is 2.19. The van der Waals surface area contributed by atoms with Crippen molar-refractivity contribution in [3.05, 3.63) is 23.8 Å². The monoisotopic (exact) mass is 236 g/mol. The maximum absolute atomic E-state index is 11.9. The molecule has 0 radical (unpaired) electrons. The summed E-state index contributed by atoms with van der Waals surface area (Å²) in [6.07, 6.45) is 1.62. The van der Waals surface area contributed by atoms with Crippen LogP contribution in [0.4, 0.5) is 5.69 Å². The van der Waals surface area contributed by atoms with Crippen LogP contribution in [0.25, 0.3) is 0 Å². The number of phenolic OH excluding ortho intramolecular Hbond substituents is 1. The highest BCUT2D eigenvalue weighted by atomic mass is 16.5. The molecule has 0 aliphatic carbocycles. The maximum Gasteiger partial charge on any atom is 0.253 e. The third-order valence-electron chi connectivity index (χ3n) is 2.84. The van der Waals surface area contributed by atoms with E-state index in [0.717, 1.165) is 12.8 Å². The van der Waals surface area contributed by atoms with Crippen LogP contribution in [0.1, 0.15) is 23.2 Å². The Bertz CT molecular complexity index is 414. The average Bonchev–Trinajstić information content (AvgIpc) is 2.33. The van der Waals surface area contributed by atoms with E-state index < -0.39 is 0 Å². The predicted octanol–water partition coefficient (Wildman–Crippen LogP) is 0.883. The van der Waals surface area contributed by atoms with Gasteiger partial charge in [-0.3, -0.25) is 4.79 Å². The van der Waals surface area contributed by atoms with Gasteiger partial charge in [-0.25, -0.2) is 0 Å². The highest BCUT2D eigenvalue weighted by Gasteiger charge is 2.18. The van der Waals surface area contributed by atoms with Gasteiger partial charge in [0.2, 0.25) is 0 Å². The third-order valence-corrected chi connectivity index (χ3v) is 2.84. The first-order valence-corrected chi connectivity index (χ1v) is 5.64. The van der Waals surface area contributed by atoms with Crippen molar-refractivity contribution < 1.29 is 14.6 Å². The number of nitrogens with one attached hydrogen (secondary N) is 1. The van der Waals surface area contributed by atoms with Crippen LogP contribution in [0, 0.1) is 0 Å². The van der Waals surface area contributed by atoms with Gasteiger partial charge in [0.1, 0.15) is 5.75 Å². The fourth-order valence-corrected chi connectivity index (χ4v) is 1.85. The SMILES string of the molecule is Nc1ccc(O)cc1C(=O)NC1CCOCC1. The lowest BCUT2D eigenvalue weighted by Crippen LogP contribution is -2.39. The number of hydrogen-bond acceptors (Lipinski definition) is 4. The second-order valence-electron chi connectivity index (χ2n) is 4.13. The summed E-state index contributed by atoms with van der Waals surface area (Å²) in [5.41, 5.74) is 6.38. The summed E-state index contributed by atoms with van der Waals surface area (Å²) in [4.78, 5) is 11.9. The molecule has 0 bridgehead atoms. The second kappa shape index (κ2) is 5.05. The van der Waals surface area contributed by atoms with Gasteiger partial charge in [0.25, 0.3) is 5.91 Å². The van der Waals surface area contributed by atoms with Crippen molar-refractivity contribution in [1.82, 2.24) is 5.32 Å². The van der Waals surface area contributed by atoms with E-state index in [4.69, 9.17) is 10.5 Å². The molecule has 5 nitrogen and oxygen atoms in total. The zero-order valence-corrected chi connectivity index (χ0v) is 9.48. The van der Waals surface area contributed by atoms with Crippen molar-refractivity contribution in [2.24, 2.45) is 0 Å². The number of aromatic hydroxyl groups is 1. The van der Waals surface area contributed by atoms with Crippen LogP contribution in [0.2, 0.25) is 0 Å². The van der Waals surface area contributed by atoms with Crippen molar-refractivity contribution in [2.45, 2.75) is 18.9 Å². The molecule has 2 rings (SSSR count). The number of rotatable bonds is 2. The number of ether oxygens (including phenoxy) is 1. The van der Waals surface area contributed by atoms with E-state index in [0.29, 0.717) is 24.5 Å². The summed E-state index contributed by atoms with van der Waals surface area (Å²) < 4.78 is 5.21.